The van der Waals surface area contributed by atoms with Crippen molar-refractivity contribution in [2.45, 2.75) is 32.7 Å². The molecule has 0 saturated heterocycles. The van der Waals surface area contributed by atoms with E-state index in [2.05, 4.69) is 27.5 Å². The van der Waals surface area contributed by atoms with Gasteiger partial charge in [-0.1, -0.05) is 0 Å². The highest BCUT2D eigenvalue weighted by atomic mass is 32.1. The molecule has 2 rings (SSSR count). The summed E-state index contributed by atoms with van der Waals surface area (Å²) in [7, 11) is 1.78. The Bertz CT molecular complexity index is 429. The molecule has 112 valence electrons. The summed E-state index contributed by atoms with van der Waals surface area (Å²) in [6.45, 7) is 5.43. The van der Waals surface area contributed by atoms with Crippen molar-refractivity contribution >= 4 is 17.3 Å². The zero-order valence-corrected chi connectivity index (χ0v) is 13.1. The third kappa shape index (κ3) is 5.88. The number of nitrogens with one attached hydrogen (secondary N) is 2. The minimum Gasteiger partial charge on any atom is -0.381 e. The number of hydrogen-bond donors (Lipinski definition) is 2. The van der Waals surface area contributed by atoms with E-state index in [1.54, 1.807) is 18.4 Å². The number of nitrogens with zero attached hydrogens (tertiary/aromatic N) is 2. The Morgan fingerprint density at radius 3 is 3.00 bits per heavy atom. The number of hydrogen-bond acceptors (Lipinski definition) is 4. The lowest BCUT2D eigenvalue weighted by molar-refractivity contribution is 0.123. The minimum absolute atomic E-state index is 0.719. The first-order valence-electron chi connectivity index (χ1n) is 7.21. The zero-order valence-electron chi connectivity index (χ0n) is 12.3. The van der Waals surface area contributed by atoms with Gasteiger partial charge >= 0.3 is 0 Å². The van der Waals surface area contributed by atoms with Gasteiger partial charge in [-0.05, 0) is 32.1 Å². The molecule has 0 aromatic carbocycles. The van der Waals surface area contributed by atoms with E-state index in [0.29, 0.717) is 0 Å². The molecule has 0 amide bonds. The van der Waals surface area contributed by atoms with E-state index in [0.717, 1.165) is 49.6 Å². The number of ether oxygens (including phenoxy) is 1. The summed E-state index contributed by atoms with van der Waals surface area (Å²) >= 11 is 1.71. The number of aryl methyl sites for hydroxylation is 1. The van der Waals surface area contributed by atoms with Gasteiger partial charge in [0, 0.05) is 37.9 Å². The average molecular weight is 296 g/mol. The van der Waals surface area contributed by atoms with Gasteiger partial charge in [0.2, 0.25) is 0 Å². The Kier molecular flexibility index (Phi) is 6.26. The van der Waals surface area contributed by atoms with Crippen LogP contribution in [0, 0.1) is 12.8 Å². The van der Waals surface area contributed by atoms with Crippen LogP contribution in [0.5, 0.6) is 0 Å². The third-order valence-corrected chi connectivity index (χ3v) is 4.02. The number of rotatable bonds is 8. The highest BCUT2D eigenvalue weighted by Gasteiger charge is 2.20. The van der Waals surface area contributed by atoms with Crippen molar-refractivity contribution in [3.8, 4) is 0 Å². The summed E-state index contributed by atoms with van der Waals surface area (Å²) in [5.74, 6) is 1.67. The van der Waals surface area contributed by atoms with Crippen molar-refractivity contribution in [3.63, 3.8) is 0 Å². The highest BCUT2D eigenvalue weighted by molar-refractivity contribution is 7.11. The van der Waals surface area contributed by atoms with E-state index >= 15 is 0 Å². The summed E-state index contributed by atoms with van der Waals surface area (Å²) in [6, 6.07) is 0. The van der Waals surface area contributed by atoms with Crippen LogP contribution in [0.3, 0.4) is 0 Å². The van der Waals surface area contributed by atoms with Gasteiger partial charge < -0.3 is 15.4 Å². The molecule has 1 fully saturated rings. The molecule has 1 aliphatic carbocycles. The second kappa shape index (κ2) is 8.21. The normalized spacial score (nSPS) is 15.4. The van der Waals surface area contributed by atoms with Gasteiger partial charge in [0.1, 0.15) is 5.01 Å². The standard InChI is InChI=1S/C14H24N4OS/c1-11-8-17-13(20-11)9-18-14(15-2)16-6-3-7-19-10-12-4-5-12/h8,12H,3-7,9-10H2,1-2H3,(H2,15,16,18). The molecular formula is C14H24N4OS. The fraction of sp³-hybridized carbons (Fsp3) is 0.714. The first-order valence-corrected chi connectivity index (χ1v) is 8.03. The minimum atomic E-state index is 0.719. The van der Waals surface area contributed by atoms with E-state index in [4.69, 9.17) is 4.74 Å². The number of thiazole rings is 1. The molecule has 5 nitrogen and oxygen atoms in total. The highest BCUT2D eigenvalue weighted by Crippen LogP contribution is 2.28. The lowest BCUT2D eigenvalue weighted by Gasteiger charge is -2.10. The van der Waals surface area contributed by atoms with Crippen molar-refractivity contribution in [3.05, 3.63) is 16.1 Å². The van der Waals surface area contributed by atoms with E-state index < -0.39 is 0 Å². The van der Waals surface area contributed by atoms with E-state index in [-0.39, 0.29) is 0 Å². The van der Waals surface area contributed by atoms with Gasteiger partial charge in [-0.2, -0.15) is 0 Å². The van der Waals surface area contributed by atoms with Crippen LogP contribution in [0.1, 0.15) is 29.1 Å². The van der Waals surface area contributed by atoms with Gasteiger partial charge in [-0.3, -0.25) is 4.99 Å². The van der Waals surface area contributed by atoms with Gasteiger partial charge in [-0.15, -0.1) is 11.3 Å². The van der Waals surface area contributed by atoms with Crippen molar-refractivity contribution in [2.24, 2.45) is 10.9 Å². The second-order valence-corrected chi connectivity index (χ2v) is 6.41. The summed E-state index contributed by atoms with van der Waals surface area (Å²) in [4.78, 5) is 9.75. The predicted octanol–water partition coefficient (Wildman–Crippen LogP) is 1.93. The molecule has 1 aromatic heterocycles. The van der Waals surface area contributed by atoms with Crippen LogP contribution in [0.4, 0.5) is 0 Å². The molecule has 2 N–H and O–H groups in total. The van der Waals surface area contributed by atoms with Crippen molar-refractivity contribution in [1.29, 1.82) is 0 Å². The molecule has 20 heavy (non-hydrogen) atoms. The molecule has 1 saturated carbocycles. The summed E-state index contributed by atoms with van der Waals surface area (Å²) in [5, 5.41) is 7.63. The maximum atomic E-state index is 5.60. The Labute approximate surface area is 124 Å². The van der Waals surface area contributed by atoms with Crippen molar-refractivity contribution < 1.29 is 4.74 Å². The number of aromatic nitrogens is 1. The van der Waals surface area contributed by atoms with Crippen LogP contribution >= 0.6 is 11.3 Å². The fourth-order valence-electron chi connectivity index (χ4n) is 1.78. The predicted molar refractivity (Wildman–Crippen MR) is 83.2 cm³/mol. The molecule has 0 bridgehead atoms. The van der Waals surface area contributed by atoms with Crippen molar-refractivity contribution in [2.75, 3.05) is 26.8 Å². The SMILES string of the molecule is CN=C(NCCCOCC1CC1)NCc1ncc(C)s1. The maximum Gasteiger partial charge on any atom is 0.191 e. The van der Waals surface area contributed by atoms with Crippen LogP contribution in [-0.4, -0.2) is 37.7 Å². The number of aliphatic imine (C=N–C) groups is 1. The van der Waals surface area contributed by atoms with Gasteiger partial charge in [0.15, 0.2) is 5.96 Å². The Morgan fingerprint density at radius 2 is 2.35 bits per heavy atom. The Hall–Kier alpha value is -1.14. The fourth-order valence-corrected chi connectivity index (χ4v) is 2.51. The van der Waals surface area contributed by atoms with Crippen LogP contribution in [0.15, 0.2) is 11.2 Å². The van der Waals surface area contributed by atoms with E-state index in [1.165, 1.54) is 17.7 Å². The Morgan fingerprint density at radius 1 is 1.50 bits per heavy atom. The topological polar surface area (TPSA) is 58.5 Å². The van der Waals surface area contributed by atoms with Crippen LogP contribution in [0.25, 0.3) is 0 Å². The first-order chi connectivity index (χ1) is 9.78. The molecule has 0 radical (unpaired) electrons. The Balaban J connectivity index is 1.52. The van der Waals surface area contributed by atoms with Crippen molar-refractivity contribution in [1.82, 2.24) is 15.6 Å². The van der Waals surface area contributed by atoms with E-state index in [1.807, 2.05) is 6.20 Å². The molecule has 0 aliphatic heterocycles. The largest absolute Gasteiger partial charge is 0.381 e. The summed E-state index contributed by atoms with van der Waals surface area (Å²) < 4.78 is 5.60. The lowest BCUT2D eigenvalue weighted by Crippen LogP contribution is -2.37. The zero-order chi connectivity index (χ0) is 14.2. The monoisotopic (exact) mass is 296 g/mol. The van der Waals surface area contributed by atoms with Crippen LogP contribution < -0.4 is 10.6 Å². The van der Waals surface area contributed by atoms with Crippen LogP contribution in [-0.2, 0) is 11.3 Å². The van der Waals surface area contributed by atoms with Gasteiger partial charge in [0.05, 0.1) is 6.54 Å². The maximum absolute atomic E-state index is 5.60. The lowest BCUT2D eigenvalue weighted by atomic mass is 10.4. The quantitative estimate of drug-likeness (QED) is 0.437. The average Bonchev–Trinajstić information content (AvgIpc) is 3.18. The molecular weight excluding hydrogens is 272 g/mol. The third-order valence-electron chi connectivity index (χ3n) is 3.11. The van der Waals surface area contributed by atoms with Gasteiger partial charge in [-0.25, -0.2) is 4.98 Å². The molecule has 0 atom stereocenters. The molecule has 6 heteroatoms. The van der Waals surface area contributed by atoms with Gasteiger partial charge in [0.25, 0.3) is 0 Å². The van der Waals surface area contributed by atoms with Crippen LogP contribution in [0.2, 0.25) is 0 Å². The molecule has 1 aromatic rings. The molecule has 1 heterocycles. The summed E-state index contributed by atoms with van der Waals surface area (Å²) in [6.07, 6.45) is 5.61. The molecule has 0 spiro atoms. The smallest absolute Gasteiger partial charge is 0.191 e. The second-order valence-electron chi connectivity index (χ2n) is 5.09. The molecule has 0 unspecified atom stereocenters. The molecule has 1 aliphatic rings. The summed E-state index contributed by atoms with van der Waals surface area (Å²) in [5.41, 5.74) is 0. The van der Waals surface area contributed by atoms with E-state index in [9.17, 15) is 0 Å². The number of guanidine groups is 1. The first kappa shape index (κ1) is 15.3.